The van der Waals surface area contributed by atoms with Gasteiger partial charge in [0.1, 0.15) is 5.69 Å². The largest absolute Gasteiger partial charge is 0.493 e. The zero-order valence-corrected chi connectivity index (χ0v) is 15.4. The van der Waals surface area contributed by atoms with E-state index in [1.54, 1.807) is 31.5 Å². The van der Waals surface area contributed by atoms with Gasteiger partial charge in [-0.3, -0.25) is 9.59 Å². The maximum Gasteiger partial charge on any atom is 0.270 e. The summed E-state index contributed by atoms with van der Waals surface area (Å²) in [6.45, 7) is 1.85. The summed E-state index contributed by atoms with van der Waals surface area (Å²) in [5.74, 6) is 1.20. The molecule has 2 N–H and O–H groups in total. The highest BCUT2D eigenvalue weighted by atomic mass is 16.5. The van der Waals surface area contributed by atoms with Crippen molar-refractivity contribution in [2.24, 2.45) is 5.92 Å². The van der Waals surface area contributed by atoms with Crippen molar-refractivity contribution in [3.8, 4) is 11.5 Å². The van der Waals surface area contributed by atoms with Crippen LogP contribution in [0.25, 0.3) is 0 Å². The van der Waals surface area contributed by atoms with Crippen molar-refractivity contribution in [2.75, 3.05) is 33.4 Å². The first-order valence-corrected chi connectivity index (χ1v) is 9.12. The van der Waals surface area contributed by atoms with Crippen molar-refractivity contribution in [1.82, 2.24) is 15.2 Å². The van der Waals surface area contributed by atoms with E-state index in [0.717, 1.165) is 19.4 Å². The average Bonchev–Trinajstić information content (AvgIpc) is 3.25. The molecule has 2 amide bonds. The van der Waals surface area contributed by atoms with Crippen LogP contribution in [0.2, 0.25) is 0 Å². The lowest BCUT2D eigenvalue weighted by molar-refractivity contribution is -0.123. The number of aromatic amines is 1. The maximum absolute atomic E-state index is 12.4. The highest BCUT2D eigenvalue weighted by Crippen LogP contribution is 2.25. The van der Waals surface area contributed by atoms with Crippen LogP contribution in [0.1, 0.15) is 23.3 Å². The Balaban J connectivity index is 1.44. The van der Waals surface area contributed by atoms with Gasteiger partial charge >= 0.3 is 0 Å². The van der Waals surface area contributed by atoms with E-state index in [0.29, 0.717) is 30.3 Å². The minimum atomic E-state index is -0.186. The Morgan fingerprint density at radius 2 is 2.04 bits per heavy atom. The number of ether oxygens (including phenoxy) is 2. The lowest BCUT2D eigenvalue weighted by atomic mass is 9.97. The molecule has 0 spiro atoms. The van der Waals surface area contributed by atoms with Crippen molar-refractivity contribution in [3.05, 3.63) is 48.3 Å². The number of amides is 2. The SMILES string of the molecule is COc1ccccc1OCC(=O)NC[C@H]1CCCN(C(=O)c2ccc[nH]2)C1. The van der Waals surface area contributed by atoms with Crippen molar-refractivity contribution in [1.29, 1.82) is 0 Å². The topological polar surface area (TPSA) is 83.7 Å². The summed E-state index contributed by atoms with van der Waals surface area (Å²) in [6.07, 6.45) is 3.67. The number of piperidine rings is 1. The van der Waals surface area contributed by atoms with Crippen LogP contribution >= 0.6 is 0 Å². The van der Waals surface area contributed by atoms with E-state index in [1.807, 2.05) is 23.1 Å². The molecule has 1 aromatic heterocycles. The van der Waals surface area contributed by atoms with Crippen LogP contribution in [0.3, 0.4) is 0 Å². The summed E-state index contributed by atoms with van der Waals surface area (Å²) in [6, 6.07) is 10.8. The third-order valence-electron chi connectivity index (χ3n) is 4.65. The van der Waals surface area contributed by atoms with Gasteiger partial charge in [0.2, 0.25) is 0 Å². The minimum Gasteiger partial charge on any atom is -0.493 e. The minimum absolute atomic E-state index is 0.00975. The number of para-hydroxylation sites is 2. The van der Waals surface area contributed by atoms with Gasteiger partial charge < -0.3 is 24.7 Å². The smallest absolute Gasteiger partial charge is 0.270 e. The van der Waals surface area contributed by atoms with Crippen LogP contribution in [0, 0.1) is 5.92 Å². The molecular weight excluding hydrogens is 346 g/mol. The molecular formula is C20H25N3O4. The van der Waals surface area contributed by atoms with Crippen molar-refractivity contribution in [3.63, 3.8) is 0 Å². The third kappa shape index (κ3) is 5.03. The summed E-state index contributed by atoms with van der Waals surface area (Å²) in [5.41, 5.74) is 0.602. The van der Waals surface area contributed by atoms with E-state index in [-0.39, 0.29) is 24.3 Å². The highest BCUT2D eigenvalue weighted by Gasteiger charge is 2.25. The summed E-state index contributed by atoms with van der Waals surface area (Å²) in [5, 5.41) is 2.90. The second kappa shape index (κ2) is 9.12. The molecule has 0 unspecified atom stereocenters. The van der Waals surface area contributed by atoms with Gasteiger partial charge in [0.05, 0.1) is 7.11 Å². The maximum atomic E-state index is 12.4. The molecule has 1 aromatic carbocycles. The Morgan fingerprint density at radius 1 is 1.22 bits per heavy atom. The first-order chi connectivity index (χ1) is 13.2. The number of nitrogens with zero attached hydrogens (tertiary/aromatic N) is 1. The Kier molecular flexibility index (Phi) is 6.35. The van der Waals surface area contributed by atoms with Crippen molar-refractivity contribution in [2.45, 2.75) is 12.8 Å². The zero-order valence-electron chi connectivity index (χ0n) is 15.4. The molecule has 7 heteroatoms. The fourth-order valence-electron chi connectivity index (χ4n) is 3.24. The molecule has 1 atom stereocenters. The second-order valence-corrected chi connectivity index (χ2v) is 6.59. The van der Waals surface area contributed by atoms with E-state index in [4.69, 9.17) is 9.47 Å². The van der Waals surface area contributed by atoms with E-state index in [9.17, 15) is 9.59 Å². The standard InChI is InChI=1S/C20H25N3O4/c1-26-17-8-2-3-9-18(17)27-14-19(24)22-12-15-6-5-11-23(13-15)20(25)16-7-4-10-21-16/h2-4,7-10,15,21H,5-6,11-14H2,1H3,(H,22,24)/t15-/m1/s1. The molecule has 1 aliphatic rings. The van der Waals surface area contributed by atoms with E-state index in [2.05, 4.69) is 10.3 Å². The van der Waals surface area contributed by atoms with Crippen LogP contribution in [0.15, 0.2) is 42.6 Å². The molecule has 2 heterocycles. The summed E-state index contributed by atoms with van der Waals surface area (Å²) in [7, 11) is 1.56. The van der Waals surface area contributed by atoms with Gasteiger partial charge in [0, 0.05) is 25.8 Å². The van der Waals surface area contributed by atoms with Crippen LogP contribution in [-0.4, -0.2) is 55.0 Å². The number of aromatic nitrogens is 1. The lowest BCUT2D eigenvalue weighted by Crippen LogP contribution is -2.44. The molecule has 27 heavy (non-hydrogen) atoms. The fraction of sp³-hybridized carbons (Fsp3) is 0.400. The molecule has 3 rings (SSSR count). The number of carbonyl (C=O) groups excluding carboxylic acids is 2. The summed E-state index contributed by atoms with van der Waals surface area (Å²) >= 11 is 0. The number of likely N-dealkylation sites (tertiary alicyclic amines) is 1. The van der Waals surface area contributed by atoms with Crippen LogP contribution in [0.4, 0.5) is 0 Å². The van der Waals surface area contributed by atoms with E-state index >= 15 is 0 Å². The van der Waals surface area contributed by atoms with Crippen LogP contribution in [-0.2, 0) is 4.79 Å². The molecule has 1 fully saturated rings. The van der Waals surface area contributed by atoms with E-state index in [1.165, 1.54) is 0 Å². The number of rotatable bonds is 7. The Labute approximate surface area is 158 Å². The number of nitrogens with one attached hydrogen (secondary N) is 2. The van der Waals surface area contributed by atoms with Gasteiger partial charge in [0.15, 0.2) is 18.1 Å². The normalized spacial score (nSPS) is 16.6. The quantitative estimate of drug-likeness (QED) is 0.780. The van der Waals surface area contributed by atoms with Gasteiger partial charge in [0.25, 0.3) is 11.8 Å². The first kappa shape index (κ1) is 18.8. The molecule has 1 saturated heterocycles. The predicted molar refractivity (Wildman–Crippen MR) is 101 cm³/mol. The monoisotopic (exact) mass is 371 g/mol. The second-order valence-electron chi connectivity index (χ2n) is 6.59. The number of benzene rings is 1. The molecule has 0 radical (unpaired) electrons. The Morgan fingerprint density at radius 3 is 2.78 bits per heavy atom. The number of methoxy groups -OCH3 is 1. The Bertz CT molecular complexity index is 760. The summed E-state index contributed by atoms with van der Waals surface area (Å²) in [4.78, 5) is 29.3. The Hall–Kier alpha value is -2.96. The van der Waals surface area contributed by atoms with Gasteiger partial charge in [-0.05, 0) is 43.0 Å². The van der Waals surface area contributed by atoms with E-state index < -0.39 is 0 Å². The van der Waals surface area contributed by atoms with Gasteiger partial charge in [-0.1, -0.05) is 12.1 Å². The van der Waals surface area contributed by atoms with Crippen LogP contribution in [0.5, 0.6) is 11.5 Å². The number of carbonyl (C=O) groups is 2. The van der Waals surface area contributed by atoms with Crippen LogP contribution < -0.4 is 14.8 Å². The molecule has 0 saturated carbocycles. The average molecular weight is 371 g/mol. The van der Waals surface area contributed by atoms with Gasteiger partial charge in [-0.25, -0.2) is 0 Å². The molecule has 144 valence electrons. The number of hydrogen-bond donors (Lipinski definition) is 2. The molecule has 0 aliphatic carbocycles. The fourth-order valence-corrected chi connectivity index (χ4v) is 3.24. The lowest BCUT2D eigenvalue weighted by Gasteiger charge is -2.32. The molecule has 0 bridgehead atoms. The third-order valence-corrected chi connectivity index (χ3v) is 4.65. The number of hydrogen-bond acceptors (Lipinski definition) is 4. The zero-order chi connectivity index (χ0) is 19.1. The molecule has 7 nitrogen and oxygen atoms in total. The van der Waals surface area contributed by atoms with Crippen molar-refractivity contribution < 1.29 is 19.1 Å². The molecule has 1 aliphatic heterocycles. The summed E-state index contributed by atoms with van der Waals surface area (Å²) < 4.78 is 10.7. The van der Waals surface area contributed by atoms with Gasteiger partial charge in [-0.2, -0.15) is 0 Å². The predicted octanol–water partition coefficient (Wildman–Crippen LogP) is 2.07. The van der Waals surface area contributed by atoms with Gasteiger partial charge in [-0.15, -0.1) is 0 Å². The molecule has 2 aromatic rings. The number of H-pyrrole nitrogens is 1. The van der Waals surface area contributed by atoms with Crippen molar-refractivity contribution >= 4 is 11.8 Å². The highest BCUT2D eigenvalue weighted by molar-refractivity contribution is 5.92. The first-order valence-electron chi connectivity index (χ1n) is 9.12.